The van der Waals surface area contributed by atoms with E-state index in [0.717, 1.165) is 27.7 Å². The summed E-state index contributed by atoms with van der Waals surface area (Å²) in [4.78, 5) is 16.3. The van der Waals surface area contributed by atoms with Crippen LogP contribution in [0.1, 0.15) is 28.4 Å². The Morgan fingerprint density at radius 2 is 2.10 bits per heavy atom. The fraction of sp³-hybridized carbons (Fsp3) is 0.200. The van der Waals surface area contributed by atoms with Crippen LogP contribution >= 0.6 is 15.9 Å². The fourth-order valence-corrected chi connectivity index (χ4v) is 2.43. The minimum atomic E-state index is -0.179. The zero-order chi connectivity index (χ0) is 14.7. The fourth-order valence-electron chi connectivity index (χ4n) is 2.07. The molecule has 0 bridgehead atoms. The van der Waals surface area contributed by atoms with Gasteiger partial charge in [0.2, 0.25) is 0 Å². The van der Waals surface area contributed by atoms with E-state index in [1.165, 1.54) is 0 Å². The monoisotopic (exact) mass is 333 g/mol. The first-order valence-corrected chi connectivity index (χ1v) is 7.11. The van der Waals surface area contributed by atoms with Crippen molar-refractivity contribution in [2.45, 2.75) is 20.3 Å². The third-order valence-corrected chi connectivity index (χ3v) is 3.46. The molecule has 5 heteroatoms. The SMILES string of the molecule is CCc1cc(N)cc(C)c1NC(=O)c1cncc(Br)c1. The number of rotatable bonds is 3. The summed E-state index contributed by atoms with van der Waals surface area (Å²) in [5, 5.41) is 2.95. The van der Waals surface area contributed by atoms with Crippen LogP contribution in [0, 0.1) is 6.92 Å². The van der Waals surface area contributed by atoms with Crippen LogP contribution in [0.25, 0.3) is 0 Å². The molecule has 3 N–H and O–H groups in total. The molecule has 1 amide bonds. The number of nitrogens with one attached hydrogen (secondary N) is 1. The number of amides is 1. The van der Waals surface area contributed by atoms with Gasteiger partial charge in [-0.1, -0.05) is 6.92 Å². The molecule has 1 aromatic carbocycles. The number of halogens is 1. The molecule has 0 aliphatic rings. The normalized spacial score (nSPS) is 10.3. The van der Waals surface area contributed by atoms with Crippen molar-refractivity contribution in [3.8, 4) is 0 Å². The smallest absolute Gasteiger partial charge is 0.257 e. The molecule has 0 saturated heterocycles. The molecule has 0 aliphatic carbocycles. The Labute approximate surface area is 126 Å². The predicted molar refractivity (Wildman–Crippen MR) is 84.9 cm³/mol. The number of hydrogen-bond acceptors (Lipinski definition) is 3. The lowest BCUT2D eigenvalue weighted by molar-refractivity contribution is 0.102. The standard InChI is InChI=1S/C15H16BrN3O/c1-3-10-6-13(17)4-9(2)14(10)19-15(20)11-5-12(16)8-18-7-11/h4-8H,3,17H2,1-2H3,(H,19,20). The van der Waals surface area contributed by atoms with Crippen molar-refractivity contribution in [2.24, 2.45) is 0 Å². The van der Waals surface area contributed by atoms with Crippen molar-refractivity contribution in [3.05, 3.63) is 51.8 Å². The third kappa shape index (κ3) is 3.17. The summed E-state index contributed by atoms with van der Waals surface area (Å²) >= 11 is 3.31. The molecule has 4 nitrogen and oxygen atoms in total. The van der Waals surface area contributed by atoms with E-state index in [-0.39, 0.29) is 5.91 Å². The van der Waals surface area contributed by atoms with Crippen LogP contribution in [-0.4, -0.2) is 10.9 Å². The molecular formula is C15H16BrN3O. The average Bonchev–Trinajstić information content (AvgIpc) is 2.41. The molecule has 20 heavy (non-hydrogen) atoms. The number of nitrogens with zero attached hydrogens (tertiary/aromatic N) is 1. The number of carbonyl (C=O) groups is 1. The van der Waals surface area contributed by atoms with Gasteiger partial charge in [0, 0.05) is 28.2 Å². The van der Waals surface area contributed by atoms with Gasteiger partial charge in [0.1, 0.15) is 0 Å². The van der Waals surface area contributed by atoms with Gasteiger partial charge in [0.25, 0.3) is 5.91 Å². The molecule has 2 rings (SSSR count). The number of aromatic nitrogens is 1. The lowest BCUT2D eigenvalue weighted by Gasteiger charge is -2.14. The zero-order valence-electron chi connectivity index (χ0n) is 11.4. The van der Waals surface area contributed by atoms with Gasteiger partial charge in [0.05, 0.1) is 5.56 Å². The molecule has 104 valence electrons. The van der Waals surface area contributed by atoms with Gasteiger partial charge >= 0.3 is 0 Å². The summed E-state index contributed by atoms with van der Waals surface area (Å²) in [7, 11) is 0. The second-order valence-electron chi connectivity index (χ2n) is 4.57. The van der Waals surface area contributed by atoms with Crippen LogP contribution in [0.15, 0.2) is 35.1 Å². The average molecular weight is 334 g/mol. The largest absolute Gasteiger partial charge is 0.399 e. The minimum absolute atomic E-state index is 0.179. The number of anilines is 2. The maximum atomic E-state index is 12.3. The van der Waals surface area contributed by atoms with Crippen LogP contribution in [0.5, 0.6) is 0 Å². The van der Waals surface area contributed by atoms with Gasteiger partial charge in [-0.2, -0.15) is 0 Å². The number of benzene rings is 1. The van der Waals surface area contributed by atoms with E-state index in [1.54, 1.807) is 18.5 Å². The third-order valence-electron chi connectivity index (χ3n) is 3.03. The number of carbonyl (C=O) groups excluding carboxylic acids is 1. The molecule has 1 aromatic heterocycles. The number of nitrogen functional groups attached to an aromatic ring is 1. The van der Waals surface area contributed by atoms with E-state index in [2.05, 4.69) is 26.2 Å². The lowest BCUT2D eigenvalue weighted by Crippen LogP contribution is -2.15. The van der Waals surface area contributed by atoms with E-state index >= 15 is 0 Å². The van der Waals surface area contributed by atoms with E-state index in [4.69, 9.17) is 5.73 Å². The molecular weight excluding hydrogens is 318 g/mol. The Bertz CT molecular complexity index is 656. The van der Waals surface area contributed by atoms with Crippen molar-refractivity contribution in [3.63, 3.8) is 0 Å². The molecule has 0 fully saturated rings. The Morgan fingerprint density at radius 3 is 2.75 bits per heavy atom. The molecule has 2 aromatic rings. The molecule has 1 heterocycles. The molecule has 0 saturated carbocycles. The summed E-state index contributed by atoms with van der Waals surface area (Å²) in [6.45, 7) is 3.97. The van der Waals surface area contributed by atoms with Crippen molar-refractivity contribution in [1.29, 1.82) is 0 Å². The molecule has 0 atom stereocenters. The highest BCUT2D eigenvalue weighted by molar-refractivity contribution is 9.10. The Kier molecular flexibility index (Phi) is 4.39. The topological polar surface area (TPSA) is 68.0 Å². The van der Waals surface area contributed by atoms with E-state index in [0.29, 0.717) is 11.3 Å². The zero-order valence-corrected chi connectivity index (χ0v) is 13.0. The first-order valence-electron chi connectivity index (χ1n) is 6.32. The van der Waals surface area contributed by atoms with Crippen LogP contribution in [0.3, 0.4) is 0 Å². The second kappa shape index (κ2) is 6.05. The van der Waals surface area contributed by atoms with Gasteiger partial charge < -0.3 is 11.1 Å². The number of pyridine rings is 1. The van der Waals surface area contributed by atoms with Crippen LogP contribution in [0.2, 0.25) is 0 Å². The first-order chi connectivity index (χ1) is 9.51. The van der Waals surface area contributed by atoms with Crippen molar-refractivity contribution >= 4 is 33.2 Å². The number of aryl methyl sites for hydroxylation is 2. The second-order valence-corrected chi connectivity index (χ2v) is 5.49. The lowest BCUT2D eigenvalue weighted by atomic mass is 10.0. The summed E-state index contributed by atoms with van der Waals surface area (Å²) in [5.41, 5.74) is 9.87. The van der Waals surface area contributed by atoms with Gasteiger partial charge in [-0.15, -0.1) is 0 Å². The number of hydrogen-bond donors (Lipinski definition) is 2. The summed E-state index contributed by atoms with van der Waals surface area (Å²) in [5.74, 6) is -0.179. The summed E-state index contributed by atoms with van der Waals surface area (Å²) < 4.78 is 0.773. The van der Waals surface area contributed by atoms with Crippen molar-refractivity contribution < 1.29 is 4.79 Å². The van der Waals surface area contributed by atoms with Gasteiger partial charge in [0.15, 0.2) is 0 Å². The predicted octanol–water partition coefficient (Wildman–Crippen LogP) is 3.55. The minimum Gasteiger partial charge on any atom is -0.399 e. The molecule has 0 spiro atoms. The van der Waals surface area contributed by atoms with Gasteiger partial charge in [-0.25, -0.2) is 0 Å². The van der Waals surface area contributed by atoms with Gasteiger partial charge in [-0.3, -0.25) is 9.78 Å². The highest BCUT2D eigenvalue weighted by Crippen LogP contribution is 2.25. The summed E-state index contributed by atoms with van der Waals surface area (Å²) in [6, 6.07) is 5.48. The maximum absolute atomic E-state index is 12.3. The molecule has 0 radical (unpaired) electrons. The van der Waals surface area contributed by atoms with E-state index in [9.17, 15) is 4.79 Å². The highest BCUT2D eigenvalue weighted by atomic mass is 79.9. The quantitative estimate of drug-likeness (QED) is 0.844. The Balaban J connectivity index is 2.32. The molecule has 0 unspecified atom stereocenters. The summed E-state index contributed by atoms with van der Waals surface area (Å²) in [6.07, 6.45) is 3.99. The van der Waals surface area contributed by atoms with Crippen LogP contribution < -0.4 is 11.1 Å². The van der Waals surface area contributed by atoms with E-state index < -0.39 is 0 Å². The van der Waals surface area contributed by atoms with E-state index in [1.807, 2.05) is 26.0 Å². The highest BCUT2D eigenvalue weighted by Gasteiger charge is 2.12. The van der Waals surface area contributed by atoms with Gasteiger partial charge in [-0.05, 0) is 58.6 Å². The van der Waals surface area contributed by atoms with Crippen molar-refractivity contribution in [2.75, 3.05) is 11.1 Å². The van der Waals surface area contributed by atoms with Crippen LogP contribution in [-0.2, 0) is 6.42 Å². The van der Waals surface area contributed by atoms with Crippen molar-refractivity contribution in [1.82, 2.24) is 4.98 Å². The maximum Gasteiger partial charge on any atom is 0.257 e. The van der Waals surface area contributed by atoms with Crippen LogP contribution in [0.4, 0.5) is 11.4 Å². The Morgan fingerprint density at radius 1 is 1.35 bits per heavy atom. The number of nitrogens with two attached hydrogens (primary N) is 1. The molecule has 0 aliphatic heterocycles. The Hall–Kier alpha value is -1.88. The first kappa shape index (κ1) is 14.5.